The highest BCUT2D eigenvalue weighted by Crippen LogP contribution is 2.30. The van der Waals surface area contributed by atoms with Gasteiger partial charge in [0.2, 0.25) is 11.9 Å². The maximum Gasteiger partial charge on any atom is 0.239 e. The van der Waals surface area contributed by atoms with Gasteiger partial charge >= 0.3 is 0 Å². The third-order valence-electron chi connectivity index (χ3n) is 6.85. The Morgan fingerprint density at radius 1 is 1.10 bits per heavy atom. The fourth-order valence-corrected chi connectivity index (χ4v) is 4.95. The topological polar surface area (TPSA) is 93.5 Å². The summed E-state index contributed by atoms with van der Waals surface area (Å²) in [6.45, 7) is 9.84. The Bertz CT molecular complexity index is 1510. The van der Waals surface area contributed by atoms with E-state index >= 15 is 0 Å². The number of hydrogen-bond acceptors (Lipinski definition) is 7. The minimum absolute atomic E-state index is 0.0898. The van der Waals surface area contributed by atoms with Gasteiger partial charge in [-0.15, -0.1) is 0 Å². The first kappa shape index (κ1) is 27.5. The van der Waals surface area contributed by atoms with E-state index in [-0.39, 0.29) is 36.4 Å². The third-order valence-corrected chi connectivity index (χ3v) is 6.85. The van der Waals surface area contributed by atoms with Crippen molar-refractivity contribution in [3.63, 3.8) is 0 Å². The number of fused-ring (bicyclic) bond motifs is 1. The summed E-state index contributed by atoms with van der Waals surface area (Å²) in [4.78, 5) is 23.6. The van der Waals surface area contributed by atoms with E-state index in [0.29, 0.717) is 47.6 Å². The van der Waals surface area contributed by atoms with Crippen LogP contribution in [0.25, 0.3) is 11.0 Å². The van der Waals surface area contributed by atoms with Crippen LogP contribution in [0.4, 0.5) is 21.8 Å². The largest absolute Gasteiger partial charge is 0.457 e. The maximum absolute atomic E-state index is 14.5. The van der Waals surface area contributed by atoms with Gasteiger partial charge in [0.05, 0.1) is 35.5 Å². The zero-order chi connectivity index (χ0) is 28.4. The van der Waals surface area contributed by atoms with Gasteiger partial charge in [0.15, 0.2) is 0 Å². The fraction of sp³-hybridized carbons (Fsp3) is 0.367. The molecule has 0 radical (unpaired) electrons. The molecular weight excluding hydrogens is 511 g/mol. The Balaban J connectivity index is 1.27. The number of benzene rings is 2. The van der Waals surface area contributed by atoms with Crippen LogP contribution in [-0.2, 0) is 16.6 Å². The Morgan fingerprint density at radius 2 is 1.85 bits per heavy atom. The average molecular weight is 547 g/mol. The Hall–Kier alpha value is -4.02. The number of imidazole rings is 1. The lowest BCUT2D eigenvalue weighted by molar-refractivity contribution is -0.121. The first-order valence-electron chi connectivity index (χ1n) is 13.5. The number of pyridine rings is 1. The molecule has 0 unspecified atom stereocenters. The molecule has 0 bridgehead atoms. The number of halogens is 1. The van der Waals surface area contributed by atoms with Gasteiger partial charge in [0.25, 0.3) is 0 Å². The van der Waals surface area contributed by atoms with Crippen molar-refractivity contribution in [1.82, 2.24) is 19.4 Å². The Morgan fingerprint density at radius 3 is 2.60 bits per heavy atom. The van der Waals surface area contributed by atoms with Crippen LogP contribution >= 0.6 is 0 Å². The summed E-state index contributed by atoms with van der Waals surface area (Å²) < 4.78 is 28.2. The van der Waals surface area contributed by atoms with Crippen LogP contribution in [0.1, 0.15) is 39.2 Å². The first-order valence-corrected chi connectivity index (χ1v) is 13.5. The summed E-state index contributed by atoms with van der Waals surface area (Å²) in [5.74, 6) is 1.83. The molecule has 2 aromatic carbocycles. The minimum atomic E-state index is -0.338. The molecule has 0 aliphatic carbocycles. The summed E-state index contributed by atoms with van der Waals surface area (Å²) in [6, 6.07) is 14.1. The van der Waals surface area contributed by atoms with E-state index in [4.69, 9.17) is 9.47 Å². The SMILES string of the molecule is CC(C)c1ccc(F)c(Nc2nc3cc(Oc4ccnc(NC(=O)CN5C[C@@H](C)O[C@@H](C)C5)c4)ccc3n2C)c1. The van der Waals surface area contributed by atoms with E-state index in [9.17, 15) is 9.18 Å². The van der Waals surface area contributed by atoms with E-state index in [1.807, 2.05) is 49.7 Å². The number of carbonyl (C=O) groups excluding carboxylic acids is 1. The van der Waals surface area contributed by atoms with E-state index < -0.39 is 0 Å². The zero-order valence-electron chi connectivity index (χ0n) is 23.4. The zero-order valence-corrected chi connectivity index (χ0v) is 23.4. The molecule has 2 atom stereocenters. The third kappa shape index (κ3) is 6.40. The highest BCUT2D eigenvalue weighted by Gasteiger charge is 2.24. The number of rotatable bonds is 8. The van der Waals surface area contributed by atoms with Gasteiger partial charge in [-0.1, -0.05) is 19.9 Å². The van der Waals surface area contributed by atoms with Crippen molar-refractivity contribution in [3.05, 3.63) is 66.1 Å². The van der Waals surface area contributed by atoms with Crippen molar-refractivity contribution in [2.75, 3.05) is 30.3 Å². The highest BCUT2D eigenvalue weighted by atomic mass is 19.1. The summed E-state index contributed by atoms with van der Waals surface area (Å²) >= 11 is 0. The van der Waals surface area contributed by atoms with Gasteiger partial charge in [0, 0.05) is 38.5 Å². The molecule has 3 heterocycles. The molecule has 210 valence electrons. The number of ether oxygens (including phenoxy) is 2. The predicted molar refractivity (Wildman–Crippen MR) is 154 cm³/mol. The van der Waals surface area contributed by atoms with Crippen LogP contribution in [0.5, 0.6) is 11.5 Å². The van der Waals surface area contributed by atoms with E-state index in [2.05, 4.69) is 39.3 Å². The fourth-order valence-electron chi connectivity index (χ4n) is 4.95. The number of nitrogens with zero attached hydrogens (tertiary/aromatic N) is 4. The molecule has 5 rings (SSSR count). The molecule has 1 saturated heterocycles. The molecule has 1 aliphatic rings. The van der Waals surface area contributed by atoms with E-state index in [0.717, 1.165) is 11.1 Å². The molecule has 1 aliphatic heterocycles. The number of amides is 1. The van der Waals surface area contributed by atoms with Gasteiger partial charge in [-0.3, -0.25) is 9.69 Å². The smallest absolute Gasteiger partial charge is 0.239 e. The van der Waals surface area contributed by atoms with Crippen molar-refractivity contribution in [2.24, 2.45) is 7.05 Å². The molecule has 2 N–H and O–H groups in total. The van der Waals surface area contributed by atoms with Crippen LogP contribution in [0.3, 0.4) is 0 Å². The Labute approximate surface area is 233 Å². The summed E-state index contributed by atoms with van der Waals surface area (Å²) in [5.41, 5.74) is 2.98. The van der Waals surface area contributed by atoms with Crippen LogP contribution in [0.2, 0.25) is 0 Å². The lowest BCUT2D eigenvalue weighted by atomic mass is 10.0. The number of aromatic nitrogens is 3. The summed E-state index contributed by atoms with van der Waals surface area (Å²) in [5, 5.41) is 5.99. The van der Waals surface area contributed by atoms with Crippen molar-refractivity contribution < 1.29 is 18.7 Å². The van der Waals surface area contributed by atoms with Crippen molar-refractivity contribution in [2.45, 2.75) is 45.8 Å². The maximum atomic E-state index is 14.5. The lowest BCUT2D eigenvalue weighted by Crippen LogP contribution is -2.48. The van der Waals surface area contributed by atoms with E-state index in [1.165, 1.54) is 6.07 Å². The second-order valence-electron chi connectivity index (χ2n) is 10.6. The number of hydrogen-bond donors (Lipinski definition) is 2. The van der Waals surface area contributed by atoms with Crippen LogP contribution in [0, 0.1) is 5.82 Å². The predicted octanol–water partition coefficient (Wildman–Crippen LogP) is 5.81. The number of aryl methyl sites for hydroxylation is 1. The van der Waals surface area contributed by atoms with Crippen molar-refractivity contribution >= 4 is 34.4 Å². The molecule has 0 saturated carbocycles. The average Bonchev–Trinajstić information content (AvgIpc) is 3.19. The minimum Gasteiger partial charge on any atom is -0.457 e. The molecule has 40 heavy (non-hydrogen) atoms. The summed E-state index contributed by atoms with van der Waals surface area (Å²) in [6.07, 6.45) is 1.77. The second-order valence-corrected chi connectivity index (χ2v) is 10.6. The standard InChI is InChI=1S/C30H35FN6O3/c1-18(2)21-6-8-24(31)25(12-21)33-30-34-26-13-22(7-9-27(26)36(30)5)40-23-10-11-32-28(14-23)35-29(38)17-37-15-19(3)39-20(4)16-37/h6-14,18-20H,15-17H2,1-5H3,(H,33,34)(H,32,35,38)/t19-,20+. The quantitative estimate of drug-likeness (QED) is 0.288. The molecule has 1 fully saturated rings. The number of carbonyl (C=O) groups is 1. The first-order chi connectivity index (χ1) is 19.1. The van der Waals surface area contributed by atoms with Crippen LogP contribution in [0.15, 0.2) is 54.7 Å². The van der Waals surface area contributed by atoms with Crippen molar-refractivity contribution in [1.29, 1.82) is 0 Å². The number of anilines is 3. The molecule has 4 aromatic rings. The van der Waals surface area contributed by atoms with Crippen LogP contribution in [-0.4, -0.2) is 57.2 Å². The van der Waals surface area contributed by atoms with Crippen LogP contribution < -0.4 is 15.4 Å². The highest BCUT2D eigenvalue weighted by molar-refractivity contribution is 5.91. The monoisotopic (exact) mass is 546 g/mol. The normalized spacial score (nSPS) is 17.8. The molecule has 0 spiro atoms. The van der Waals surface area contributed by atoms with Gasteiger partial charge < -0.3 is 24.7 Å². The van der Waals surface area contributed by atoms with Gasteiger partial charge in [0.1, 0.15) is 23.1 Å². The molecule has 1 amide bonds. The Kier molecular flexibility index (Phi) is 7.99. The van der Waals surface area contributed by atoms with E-state index in [1.54, 1.807) is 24.4 Å². The second kappa shape index (κ2) is 11.6. The molecule has 9 nitrogen and oxygen atoms in total. The molecular formula is C30H35FN6O3. The van der Waals surface area contributed by atoms with Gasteiger partial charge in [-0.05, 0) is 55.7 Å². The van der Waals surface area contributed by atoms with Gasteiger partial charge in [-0.2, -0.15) is 0 Å². The molecule has 10 heteroatoms. The molecule has 2 aromatic heterocycles. The number of nitrogens with one attached hydrogen (secondary N) is 2. The number of morpholine rings is 1. The van der Waals surface area contributed by atoms with Crippen molar-refractivity contribution in [3.8, 4) is 11.5 Å². The lowest BCUT2D eigenvalue weighted by Gasteiger charge is -2.34. The summed E-state index contributed by atoms with van der Waals surface area (Å²) in [7, 11) is 1.87. The van der Waals surface area contributed by atoms with Gasteiger partial charge in [-0.25, -0.2) is 14.4 Å².